The zero-order valence-corrected chi connectivity index (χ0v) is 9.80. The first-order valence-corrected chi connectivity index (χ1v) is 6.64. The topological polar surface area (TPSA) is 17.1 Å². The smallest absolute Gasteiger partial charge is 0.136 e. The molecule has 3 fully saturated rings. The fraction of sp³-hybridized carbons (Fsp3) is 0.438. The second kappa shape index (κ2) is 3.32. The molecular formula is C16H16O. The minimum Gasteiger partial charge on any atom is -0.299 e. The Morgan fingerprint density at radius 3 is 2.88 bits per heavy atom. The zero-order valence-electron chi connectivity index (χ0n) is 9.80. The summed E-state index contributed by atoms with van der Waals surface area (Å²) in [7, 11) is 0. The number of carbonyl (C=O) groups is 1. The lowest BCUT2D eigenvalue weighted by atomic mass is 9.54. The van der Waals surface area contributed by atoms with Crippen LogP contribution in [-0.4, -0.2) is 5.78 Å². The largest absolute Gasteiger partial charge is 0.299 e. The first kappa shape index (κ1) is 9.64. The molecule has 4 atom stereocenters. The average Bonchev–Trinajstić information content (AvgIpc) is 2.39. The molecule has 1 heteroatoms. The Balaban J connectivity index is 1.86. The summed E-state index contributed by atoms with van der Waals surface area (Å²) >= 11 is 0. The number of hydrogen-bond acceptors (Lipinski definition) is 1. The predicted molar refractivity (Wildman–Crippen MR) is 67.5 cm³/mol. The molecule has 5 rings (SSSR count). The summed E-state index contributed by atoms with van der Waals surface area (Å²) in [5, 5.41) is 0. The third-order valence-corrected chi connectivity index (χ3v) is 4.97. The second-order valence-corrected chi connectivity index (χ2v) is 5.71. The maximum Gasteiger partial charge on any atom is 0.136 e. The van der Waals surface area contributed by atoms with E-state index >= 15 is 0 Å². The fourth-order valence-corrected chi connectivity index (χ4v) is 4.24. The molecule has 0 spiro atoms. The van der Waals surface area contributed by atoms with Crippen LogP contribution < -0.4 is 0 Å². The Labute approximate surface area is 102 Å². The molecule has 3 saturated carbocycles. The molecule has 0 N–H and O–H groups in total. The molecule has 17 heavy (non-hydrogen) atoms. The molecule has 0 unspecified atom stereocenters. The Kier molecular flexibility index (Phi) is 1.88. The van der Waals surface area contributed by atoms with E-state index in [9.17, 15) is 4.79 Å². The van der Waals surface area contributed by atoms with Gasteiger partial charge in [0.15, 0.2) is 0 Å². The normalized spacial score (nSPS) is 37.8. The Morgan fingerprint density at radius 2 is 2.00 bits per heavy atom. The highest BCUT2D eigenvalue weighted by atomic mass is 16.1. The molecule has 1 aromatic rings. The van der Waals surface area contributed by atoms with E-state index in [0.717, 1.165) is 12.8 Å². The molecule has 1 nitrogen and oxygen atoms in total. The minimum atomic E-state index is 0.314. The molecule has 0 aromatic heterocycles. The van der Waals surface area contributed by atoms with E-state index in [1.54, 1.807) is 0 Å². The van der Waals surface area contributed by atoms with Crippen molar-refractivity contribution in [3.63, 3.8) is 0 Å². The number of Topliss-reactive ketones (excluding diaryl/α,β-unsaturated/α-hetero) is 1. The molecule has 4 aliphatic rings. The van der Waals surface area contributed by atoms with Crippen molar-refractivity contribution in [1.29, 1.82) is 0 Å². The summed E-state index contributed by atoms with van der Waals surface area (Å²) in [4.78, 5) is 12.0. The van der Waals surface area contributed by atoms with Crippen molar-refractivity contribution in [3.05, 3.63) is 41.5 Å². The van der Waals surface area contributed by atoms with Crippen molar-refractivity contribution in [2.75, 3.05) is 0 Å². The maximum absolute atomic E-state index is 12.0. The van der Waals surface area contributed by atoms with Crippen LogP contribution in [0.5, 0.6) is 0 Å². The fourth-order valence-electron chi connectivity index (χ4n) is 4.24. The summed E-state index contributed by atoms with van der Waals surface area (Å²) in [6.07, 6.45) is 7.73. The lowest BCUT2D eigenvalue weighted by molar-refractivity contribution is -0.132. The van der Waals surface area contributed by atoms with Crippen LogP contribution in [0.3, 0.4) is 0 Å². The number of fused-ring (bicyclic) bond motifs is 3. The quantitative estimate of drug-likeness (QED) is 0.660. The van der Waals surface area contributed by atoms with Gasteiger partial charge in [-0.05, 0) is 41.7 Å². The number of benzene rings is 1. The van der Waals surface area contributed by atoms with Gasteiger partial charge in [0, 0.05) is 12.3 Å². The standard InChI is InChI=1S/C16H16O/c17-15-9-11-6-7-13(15)14-8-5-10-3-1-2-4-12(10)16(11)14/h1-5,8,11,13-14,16H,6-7,9H2/t11-,13-,14+,16+/m1/s1. The van der Waals surface area contributed by atoms with Crippen LogP contribution in [0, 0.1) is 17.8 Å². The van der Waals surface area contributed by atoms with E-state index in [4.69, 9.17) is 0 Å². The summed E-state index contributed by atoms with van der Waals surface area (Å²) < 4.78 is 0. The predicted octanol–water partition coefficient (Wildman–Crippen LogP) is 3.41. The van der Waals surface area contributed by atoms with Gasteiger partial charge in [0.2, 0.25) is 0 Å². The lowest BCUT2D eigenvalue weighted by Crippen LogP contribution is -2.44. The van der Waals surface area contributed by atoms with Gasteiger partial charge in [-0.25, -0.2) is 0 Å². The van der Waals surface area contributed by atoms with E-state index < -0.39 is 0 Å². The third kappa shape index (κ3) is 1.23. The molecule has 0 radical (unpaired) electrons. The molecular weight excluding hydrogens is 208 g/mol. The van der Waals surface area contributed by atoms with Crippen molar-refractivity contribution >= 4 is 11.9 Å². The van der Waals surface area contributed by atoms with Gasteiger partial charge in [0.1, 0.15) is 5.78 Å². The van der Waals surface area contributed by atoms with Crippen molar-refractivity contribution < 1.29 is 4.79 Å². The molecule has 0 aliphatic heterocycles. The Bertz CT molecular complexity index is 514. The van der Waals surface area contributed by atoms with Gasteiger partial charge in [0.25, 0.3) is 0 Å². The summed E-state index contributed by atoms with van der Waals surface area (Å²) in [6.45, 7) is 0. The summed E-state index contributed by atoms with van der Waals surface area (Å²) in [5.41, 5.74) is 2.86. The van der Waals surface area contributed by atoms with Crippen LogP contribution in [0.25, 0.3) is 6.08 Å². The highest BCUT2D eigenvalue weighted by Gasteiger charge is 2.48. The monoisotopic (exact) mass is 224 g/mol. The minimum absolute atomic E-state index is 0.314. The van der Waals surface area contributed by atoms with Crippen LogP contribution in [0.2, 0.25) is 0 Å². The Hall–Kier alpha value is -1.37. The van der Waals surface area contributed by atoms with E-state index in [2.05, 4.69) is 36.4 Å². The SMILES string of the molecule is O=C1C[C@H]2CC[C@@H]1[C@@H]1C=Cc3ccccc3[C@H]21. The number of rotatable bonds is 0. The maximum atomic E-state index is 12.0. The van der Waals surface area contributed by atoms with Gasteiger partial charge in [-0.1, -0.05) is 36.4 Å². The molecule has 86 valence electrons. The molecule has 1 aromatic carbocycles. The molecule has 0 saturated heterocycles. The van der Waals surface area contributed by atoms with E-state index in [1.165, 1.54) is 17.5 Å². The van der Waals surface area contributed by atoms with Crippen LogP contribution >= 0.6 is 0 Å². The van der Waals surface area contributed by atoms with Gasteiger partial charge >= 0.3 is 0 Å². The second-order valence-electron chi connectivity index (χ2n) is 5.71. The first-order valence-electron chi connectivity index (χ1n) is 6.64. The van der Waals surface area contributed by atoms with E-state index in [1.807, 2.05) is 0 Å². The molecule has 0 amide bonds. The van der Waals surface area contributed by atoms with E-state index in [-0.39, 0.29) is 0 Å². The Morgan fingerprint density at radius 1 is 1.12 bits per heavy atom. The van der Waals surface area contributed by atoms with Gasteiger partial charge in [0.05, 0.1) is 0 Å². The van der Waals surface area contributed by atoms with Crippen molar-refractivity contribution in [1.82, 2.24) is 0 Å². The number of carbonyl (C=O) groups excluding carboxylic acids is 1. The zero-order chi connectivity index (χ0) is 11.4. The molecule has 0 heterocycles. The molecule has 2 bridgehead atoms. The summed E-state index contributed by atoms with van der Waals surface area (Å²) in [6, 6.07) is 8.71. The molecule has 4 aliphatic carbocycles. The average molecular weight is 224 g/mol. The van der Waals surface area contributed by atoms with Crippen molar-refractivity contribution in [2.24, 2.45) is 17.8 Å². The number of ketones is 1. The van der Waals surface area contributed by atoms with Gasteiger partial charge in [-0.15, -0.1) is 0 Å². The number of hydrogen-bond donors (Lipinski definition) is 0. The lowest BCUT2D eigenvalue weighted by Gasteiger charge is -2.48. The van der Waals surface area contributed by atoms with Crippen LogP contribution in [0.1, 0.15) is 36.3 Å². The third-order valence-electron chi connectivity index (χ3n) is 4.97. The van der Waals surface area contributed by atoms with Crippen LogP contribution in [0.15, 0.2) is 30.3 Å². The highest BCUT2D eigenvalue weighted by Crippen LogP contribution is 2.54. The van der Waals surface area contributed by atoms with Crippen molar-refractivity contribution in [2.45, 2.75) is 25.2 Å². The van der Waals surface area contributed by atoms with Crippen LogP contribution in [-0.2, 0) is 4.79 Å². The number of allylic oxidation sites excluding steroid dienone is 1. The van der Waals surface area contributed by atoms with Crippen molar-refractivity contribution in [3.8, 4) is 0 Å². The highest BCUT2D eigenvalue weighted by molar-refractivity contribution is 5.84. The van der Waals surface area contributed by atoms with Gasteiger partial charge < -0.3 is 0 Å². The van der Waals surface area contributed by atoms with Crippen LogP contribution in [0.4, 0.5) is 0 Å². The first-order chi connectivity index (χ1) is 8.34. The van der Waals surface area contributed by atoms with Gasteiger partial charge in [-0.2, -0.15) is 0 Å². The van der Waals surface area contributed by atoms with Gasteiger partial charge in [-0.3, -0.25) is 4.79 Å². The van der Waals surface area contributed by atoms with E-state index in [0.29, 0.717) is 29.5 Å². The summed E-state index contributed by atoms with van der Waals surface area (Å²) in [5.74, 6) is 2.54.